The Bertz CT molecular complexity index is 1340. The largest absolute Gasteiger partial charge is 0.330 e. The van der Waals surface area contributed by atoms with Gasteiger partial charge in [0.15, 0.2) is 17.0 Å². The van der Waals surface area contributed by atoms with Crippen molar-refractivity contribution in [3.8, 4) is 11.5 Å². The molecule has 0 saturated heterocycles. The lowest BCUT2D eigenvalue weighted by atomic mass is 10.2. The number of aromatic nitrogens is 6. The van der Waals surface area contributed by atoms with Crippen molar-refractivity contribution in [1.82, 2.24) is 29.1 Å². The van der Waals surface area contributed by atoms with Crippen LogP contribution in [0.3, 0.4) is 0 Å². The second-order valence-corrected chi connectivity index (χ2v) is 7.26. The molecule has 0 radical (unpaired) electrons. The molecule has 0 aliphatic heterocycles. The van der Waals surface area contributed by atoms with E-state index >= 15 is 0 Å². The van der Waals surface area contributed by atoms with E-state index in [0.29, 0.717) is 28.4 Å². The van der Waals surface area contributed by atoms with Gasteiger partial charge in [-0.3, -0.25) is 14.3 Å². The summed E-state index contributed by atoms with van der Waals surface area (Å²) in [7, 11) is 0. The lowest BCUT2D eigenvalue weighted by Gasteiger charge is -2.10. The summed E-state index contributed by atoms with van der Waals surface area (Å²) in [5.41, 5.74) is 1.30. The quantitative estimate of drug-likeness (QED) is 0.506. The first-order valence-corrected chi connectivity index (χ1v) is 9.65. The second-order valence-electron chi connectivity index (χ2n) is 6.45. The summed E-state index contributed by atoms with van der Waals surface area (Å²) >= 11 is 3.29. The predicted molar refractivity (Wildman–Crippen MR) is 109 cm³/mol. The van der Waals surface area contributed by atoms with Crippen LogP contribution in [0.2, 0.25) is 0 Å². The zero-order valence-electron chi connectivity index (χ0n) is 15.6. The van der Waals surface area contributed by atoms with Crippen molar-refractivity contribution < 1.29 is 4.39 Å². The van der Waals surface area contributed by atoms with Crippen LogP contribution in [-0.4, -0.2) is 29.1 Å². The molecular weight excluding hydrogens is 443 g/mol. The molecule has 1 N–H and O–H groups in total. The van der Waals surface area contributed by atoms with Gasteiger partial charge in [-0.15, -0.1) is 0 Å². The summed E-state index contributed by atoms with van der Waals surface area (Å²) in [6, 6.07) is 5.97. The molecule has 0 saturated carbocycles. The fourth-order valence-electron chi connectivity index (χ4n) is 3.25. The number of nitrogens with one attached hydrogen (secondary N) is 1. The van der Waals surface area contributed by atoms with Crippen LogP contribution in [-0.2, 0) is 13.1 Å². The highest BCUT2D eigenvalue weighted by Crippen LogP contribution is 2.25. The maximum absolute atomic E-state index is 13.3. The normalized spacial score (nSPS) is 11.3. The molecule has 1 aromatic carbocycles. The Balaban J connectivity index is 2.05. The number of fused-ring (bicyclic) bond motifs is 1. The van der Waals surface area contributed by atoms with E-state index in [9.17, 15) is 14.0 Å². The minimum Gasteiger partial charge on any atom is -0.312 e. The average Bonchev–Trinajstić information content (AvgIpc) is 3.03. The molecular formula is C19H16BrFN6O2. The monoisotopic (exact) mass is 458 g/mol. The van der Waals surface area contributed by atoms with Gasteiger partial charge < -0.3 is 4.57 Å². The van der Waals surface area contributed by atoms with Crippen LogP contribution in [0.5, 0.6) is 0 Å². The molecule has 148 valence electrons. The van der Waals surface area contributed by atoms with Crippen molar-refractivity contribution in [2.24, 2.45) is 0 Å². The van der Waals surface area contributed by atoms with Crippen molar-refractivity contribution >= 4 is 27.1 Å². The summed E-state index contributed by atoms with van der Waals surface area (Å²) in [6.45, 7) is 4.16. The van der Waals surface area contributed by atoms with Crippen LogP contribution >= 0.6 is 15.9 Å². The van der Waals surface area contributed by atoms with E-state index < -0.39 is 11.2 Å². The summed E-state index contributed by atoms with van der Waals surface area (Å²) in [5.74, 6) is 0.0527. The Hall–Kier alpha value is -3.14. The molecule has 10 heteroatoms. The molecule has 0 aliphatic carbocycles. The van der Waals surface area contributed by atoms with Gasteiger partial charge in [0, 0.05) is 13.1 Å². The van der Waals surface area contributed by atoms with Crippen molar-refractivity contribution in [3.05, 3.63) is 73.0 Å². The van der Waals surface area contributed by atoms with E-state index in [2.05, 4.69) is 35.9 Å². The molecule has 8 nitrogen and oxygen atoms in total. The number of benzene rings is 1. The Labute approximate surface area is 172 Å². The van der Waals surface area contributed by atoms with Gasteiger partial charge in [0.1, 0.15) is 16.1 Å². The van der Waals surface area contributed by atoms with Crippen molar-refractivity contribution in [3.63, 3.8) is 0 Å². The maximum Gasteiger partial charge on any atom is 0.330 e. The number of H-pyrrole nitrogens is 1. The number of hydrogen-bond acceptors (Lipinski definition) is 5. The Morgan fingerprint density at radius 1 is 1.14 bits per heavy atom. The lowest BCUT2D eigenvalue weighted by molar-refractivity contribution is 0.626. The lowest BCUT2D eigenvalue weighted by Crippen LogP contribution is -2.30. The highest BCUT2D eigenvalue weighted by molar-refractivity contribution is 9.10. The summed E-state index contributed by atoms with van der Waals surface area (Å²) in [4.78, 5) is 40.6. The third-order valence-electron chi connectivity index (χ3n) is 4.58. The molecule has 29 heavy (non-hydrogen) atoms. The standard InChI is InChI=1S/C19H16BrFN6O2/c1-3-26-17-15(18(28)25-19(26)29)27(9-11-4-6-12(21)7-5-11)16(24-17)14-10(2)23-13(20)8-22-14/h4-8H,3,9H2,1-2H3,(H,25,28,29). The summed E-state index contributed by atoms with van der Waals surface area (Å²) in [5, 5.41) is 0. The van der Waals surface area contributed by atoms with E-state index in [1.807, 2.05) is 0 Å². The molecule has 0 aliphatic rings. The molecule has 4 rings (SSSR count). The van der Waals surface area contributed by atoms with Crippen molar-refractivity contribution in [1.29, 1.82) is 0 Å². The van der Waals surface area contributed by atoms with Crippen molar-refractivity contribution in [2.75, 3.05) is 0 Å². The number of hydrogen-bond donors (Lipinski definition) is 1. The topological polar surface area (TPSA) is 98.5 Å². The number of halogens is 2. The van der Waals surface area contributed by atoms with Gasteiger partial charge in [-0.1, -0.05) is 12.1 Å². The fraction of sp³-hybridized carbons (Fsp3) is 0.211. The Morgan fingerprint density at radius 3 is 2.52 bits per heavy atom. The van der Waals surface area contributed by atoms with Gasteiger partial charge in [-0.25, -0.2) is 24.1 Å². The van der Waals surface area contributed by atoms with Crippen molar-refractivity contribution in [2.45, 2.75) is 26.9 Å². The number of aryl methyl sites for hydroxylation is 2. The van der Waals surface area contributed by atoms with Gasteiger partial charge in [0.2, 0.25) is 0 Å². The molecule has 4 aromatic rings. The van der Waals surface area contributed by atoms with Gasteiger partial charge in [-0.05, 0) is 47.5 Å². The van der Waals surface area contributed by atoms with Gasteiger partial charge >= 0.3 is 5.69 Å². The fourth-order valence-corrected chi connectivity index (χ4v) is 3.61. The van der Waals surface area contributed by atoms with Gasteiger partial charge in [0.25, 0.3) is 5.56 Å². The van der Waals surface area contributed by atoms with E-state index in [-0.39, 0.29) is 23.5 Å². The van der Waals surface area contributed by atoms with Gasteiger partial charge in [-0.2, -0.15) is 0 Å². The molecule has 0 amide bonds. The first-order chi connectivity index (χ1) is 13.9. The average molecular weight is 459 g/mol. The SMILES string of the molecule is CCn1c(=O)[nH]c(=O)c2c1nc(-c1ncc(Br)nc1C)n2Cc1ccc(F)cc1. The van der Waals surface area contributed by atoms with Crippen LogP contribution in [0, 0.1) is 12.7 Å². The minimum atomic E-state index is -0.543. The zero-order chi connectivity index (χ0) is 20.7. The van der Waals surface area contributed by atoms with E-state index in [1.165, 1.54) is 16.7 Å². The van der Waals surface area contributed by atoms with E-state index in [0.717, 1.165) is 5.56 Å². The highest BCUT2D eigenvalue weighted by Gasteiger charge is 2.22. The number of imidazole rings is 1. The van der Waals surface area contributed by atoms with E-state index in [1.54, 1.807) is 36.7 Å². The van der Waals surface area contributed by atoms with Gasteiger partial charge in [0.05, 0.1) is 11.9 Å². The molecule has 3 heterocycles. The maximum atomic E-state index is 13.3. The number of rotatable bonds is 4. The highest BCUT2D eigenvalue weighted by atomic mass is 79.9. The predicted octanol–water partition coefficient (Wildman–Crippen LogP) is 2.62. The zero-order valence-corrected chi connectivity index (χ0v) is 17.2. The molecule has 0 unspecified atom stereocenters. The van der Waals surface area contributed by atoms with Crippen LogP contribution in [0.4, 0.5) is 4.39 Å². The molecule has 0 spiro atoms. The van der Waals surface area contributed by atoms with Crippen LogP contribution in [0.1, 0.15) is 18.2 Å². The second kappa shape index (κ2) is 7.36. The molecule has 0 fully saturated rings. The first-order valence-electron chi connectivity index (χ1n) is 8.86. The third kappa shape index (κ3) is 3.39. The smallest absolute Gasteiger partial charge is 0.312 e. The Kier molecular flexibility index (Phi) is 4.87. The van der Waals surface area contributed by atoms with Crippen LogP contribution in [0.15, 0.2) is 44.7 Å². The van der Waals surface area contributed by atoms with Crippen LogP contribution in [0.25, 0.3) is 22.7 Å². The number of nitrogens with zero attached hydrogens (tertiary/aromatic N) is 5. The molecule has 0 atom stereocenters. The summed E-state index contributed by atoms with van der Waals surface area (Å²) < 4.78 is 17.0. The molecule has 3 aromatic heterocycles. The number of aromatic amines is 1. The Morgan fingerprint density at radius 2 is 1.86 bits per heavy atom. The third-order valence-corrected chi connectivity index (χ3v) is 4.97. The summed E-state index contributed by atoms with van der Waals surface area (Å²) in [6.07, 6.45) is 1.54. The first kappa shape index (κ1) is 19.2. The van der Waals surface area contributed by atoms with Crippen LogP contribution < -0.4 is 11.2 Å². The molecule has 0 bridgehead atoms. The van der Waals surface area contributed by atoms with E-state index in [4.69, 9.17) is 0 Å². The minimum absolute atomic E-state index is 0.244.